The second-order valence-corrected chi connectivity index (χ2v) is 6.37. The lowest BCUT2D eigenvalue weighted by molar-refractivity contribution is 0.0972. The summed E-state index contributed by atoms with van der Waals surface area (Å²) in [7, 11) is 0. The van der Waals surface area contributed by atoms with Crippen LogP contribution in [0.2, 0.25) is 0 Å². The van der Waals surface area contributed by atoms with E-state index in [1.54, 1.807) is 42.5 Å². The van der Waals surface area contributed by atoms with E-state index in [1.165, 1.54) is 6.07 Å². The van der Waals surface area contributed by atoms with E-state index in [1.807, 2.05) is 30.3 Å². The first-order valence-electron chi connectivity index (χ1n) is 8.93. The second kappa shape index (κ2) is 10.1. The molecule has 148 valence electrons. The number of anilines is 1. The Kier molecular flexibility index (Phi) is 7.02. The number of aromatic hydroxyl groups is 1. The monoisotopic (exact) mass is 408 g/mol. The Morgan fingerprint density at radius 1 is 0.897 bits per heavy atom. The van der Waals surface area contributed by atoms with Crippen molar-refractivity contribution in [2.45, 2.75) is 0 Å². The fourth-order valence-corrected chi connectivity index (χ4v) is 2.73. The molecule has 7 heteroatoms. The van der Waals surface area contributed by atoms with Crippen LogP contribution in [0.5, 0.6) is 17.2 Å². The first-order valence-corrected chi connectivity index (χ1v) is 9.34. The van der Waals surface area contributed by atoms with Gasteiger partial charge >= 0.3 is 0 Å². The smallest absolute Gasteiger partial charge is 0.261 e. The maximum atomic E-state index is 12.6. The Bertz CT molecular complexity index is 979. The number of thiocarbonyl (C=S) groups is 1. The predicted molar refractivity (Wildman–Crippen MR) is 116 cm³/mol. The van der Waals surface area contributed by atoms with Gasteiger partial charge in [0.25, 0.3) is 5.91 Å². The van der Waals surface area contributed by atoms with E-state index in [9.17, 15) is 9.90 Å². The Morgan fingerprint density at radius 2 is 1.62 bits per heavy atom. The minimum Gasteiger partial charge on any atom is -0.508 e. The van der Waals surface area contributed by atoms with E-state index < -0.39 is 5.91 Å². The van der Waals surface area contributed by atoms with Crippen molar-refractivity contribution in [3.8, 4) is 17.2 Å². The van der Waals surface area contributed by atoms with Gasteiger partial charge in [-0.25, -0.2) is 0 Å². The normalized spacial score (nSPS) is 10.1. The summed E-state index contributed by atoms with van der Waals surface area (Å²) in [6.07, 6.45) is 0. The number of carbonyl (C=O) groups excluding carboxylic acids is 1. The topological polar surface area (TPSA) is 79.8 Å². The molecule has 0 fully saturated rings. The van der Waals surface area contributed by atoms with Gasteiger partial charge in [0.05, 0.1) is 5.56 Å². The predicted octanol–water partition coefficient (Wildman–Crippen LogP) is 3.98. The number of hydrogen-bond donors (Lipinski definition) is 3. The van der Waals surface area contributed by atoms with Crippen LogP contribution in [0.1, 0.15) is 10.4 Å². The Balaban J connectivity index is 1.54. The van der Waals surface area contributed by atoms with Gasteiger partial charge in [-0.3, -0.25) is 10.1 Å². The van der Waals surface area contributed by atoms with Crippen LogP contribution >= 0.6 is 12.2 Å². The number of amides is 1. The van der Waals surface area contributed by atoms with Crippen LogP contribution in [0.4, 0.5) is 5.69 Å². The molecule has 6 nitrogen and oxygen atoms in total. The van der Waals surface area contributed by atoms with Gasteiger partial charge in [-0.2, -0.15) is 0 Å². The summed E-state index contributed by atoms with van der Waals surface area (Å²) in [6.45, 7) is 0.628. The molecule has 0 radical (unpaired) electrons. The van der Waals surface area contributed by atoms with Crippen molar-refractivity contribution < 1.29 is 19.4 Å². The van der Waals surface area contributed by atoms with Gasteiger partial charge < -0.3 is 19.9 Å². The number of rotatable bonds is 7. The Morgan fingerprint density at radius 3 is 2.41 bits per heavy atom. The van der Waals surface area contributed by atoms with Crippen molar-refractivity contribution in [3.63, 3.8) is 0 Å². The number of hydrogen-bond acceptors (Lipinski definition) is 5. The van der Waals surface area contributed by atoms with Crippen molar-refractivity contribution in [2.75, 3.05) is 18.5 Å². The summed E-state index contributed by atoms with van der Waals surface area (Å²) < 4.78 is 11.3. The highest BCUT2D eigenvalue weighted by Gasteiger charge is 2.13. The van der Waals surface area contributed by atoms with E-state index in [0.717, 1.165) is 5.75 Å². The van der Waals surface area contributed by atoms with Crippen molar-refractivity contribution >= 4 is 28.9 Å². The van der Waals surface area contributed by atoms with Gasteiger partial charge in [-0.05, 0) is 48.6 Å². The maximum Gasteiger partial charge on any atom is 0.261 e. The Hall–Kier alpha value is -3.58. The minimum absolute atomic E-state index is 0.0978. The summed E-state index contributed by atoms with van der Waals surface area (Å²) in [6, 6.07) is 22.8. The molecule has 0 aliphatic rings. The fraction of sp³-hybridized carbons (Fsp3) is 0.0909. The highest BCUT2D eigenvalue weighted by molar-refractivity contribution is 7.80. The van der Waals surface area contributed by atoms with Gasteiger partial charge in [0, 0.05) is 11.8 Å². The zero-order valence-corrected chi connectivity index (χ0v) is 16.3. The molecule has 0 heterocycles. The van der Waals surface area contributed by atoms with Crippen molar-refractivity contribution in [2.24, 2.45) is 0 Å². The van der Waals surface area contributed by atoms with E-state index in [4.69, 9.17) is 21.7 Å². The lowest BCUT2D eigenvalue weighted by Crippen LogP contribution is -2.34. The molecule has 29 heavy (non-hydrogen) atoms. The molecule has 0 saturated heterocycles. The quantitative estimate of drug-likeness (QED) is 0.405. The fourth-order valence-electron chi connectivity index (χ4n) is 2.52. The van der Waals surface area contributed by atoms with Gasteiger partial charge in [-0.15, -0.1) is 0 Å². The summed E-state index contributed by atoms with van der Waals surface area (Å²) in [5.74, 6) is 0.884. The van der Waals surface area contributed by atoms with Crippen LogP contribution in [0.3, 0.4) is 0 Å². The SMILES string of the molecule is O=C(NC(=S)Nc1cccc(O)c1)c1ccccc1OCCOc1ccccc1. The van der Waals surface area contributed by atoms with Crippen molar-refractivity contribution in [1.82, 2.24) is 5.32 Å². The molecule has 0 bridgehead atoms. The van der Waals surface area contributed by atoms with E-state index >= 15 is 0 Å². The number of benzene rings is 3. The zero-order chi connectivity index (χ0) is 20.5. The standard InChI is InChI=1S/C22H20N2O4S/c25-17-8-6-7-16(15-17)23-22(29)24-21(26)19-11-4-5-12-20(19)28-14-13-27-18-9-2-1-3-10-18/h1-12,15,25H,13-14H2,(H2,23,24,26,29). The third-order valence-electron chi connectivity index (χ3n) is 3.82. The van der Waals surface area contributed by atoms with Gasteiger partial charge in [0.15, 0.2) is 5.11 Å². The van der Waals surface area contributed by atoms with E-state index in [2.05, 4.69) is 10.6 Å². The molecule has 0 aliphatic heterocycles. The summed E-state index contributed by atoms with van der Waals surface area (Å²) in [5, 5.41) is 15.1. The molecule has 0 spiro atoms. The molecular weight excluding hydrogens is 388 g/mol. The van der Waals surface area contributed by atoms with Crippen LogP contribution in [-0.2, 0) is 0 Å². The number of ether oxygens (including phenoxy) is 2. The molecular formula is C22H20N2O4S. The first-order chi connectivity index (χ1) is 14.1. The molecule has 3 rings (SSSR count). The number of phenolic OH excluding ortho intramolecular Hbond substituents is 1. The van der Waals surface area contributed by atoms with E-state index in [-0.39, 0.29) is 17.5 Å². The average Bonchev–Trinajstić information content (AvgIpc) is 2.72. The van der Waals surface area contributed by atoms with Crippen LogP contribution < -0.4 is 20.1 Å². The number of carbonyl (C=O) groups is 1. The molecule has 3 aromatic carbocycles. The molecule has 0 aliphatic carbocycles. The van der Waals surface area contributed by atoms with Crippen LogP contribution in [-0.4, -0.2) is 29.3 Å². The third kappa shape index (κ3) is 6.22. The van der Waals surface area contributed by atoms with Crippen LogP contribution in [0.15, 0.2) is 78.9 Å². The van der Waals surface area contributed by atoms with Gasteiger partial charge in [0.2, 0.25) is 0 Å². The minimum atomic E-state index is -0.401. The lowest BCUT2D eigenvalue weighted by atomic mass is 10.2. The molecule has 3 N–H and O–H groups in total. The Labute approximate surface area is 174 Å². The number of phenols is 1. The molecule has 3 aromatic rings. The zero-order valence-electron chi connectivity index (χ0n) is 15.5. The summed E-state index contributed by atoms with van der Waals surface area (Å²) in [4.78, 5) is 12.6. The van der Waals surface area contributed by atoms with Gasteiger partial charge in [0.1, 0.15) is 30.5 Å². The molecule has 1 amide bonds. The number of para-hydroxylation sites is 2. The number of nitrogens with one attached hydrogen (secondary N) is 2. The van der Waals surface area contributed by atoms with Crippen LogP contribution in [0, 0.1) is 0 Å². The highest BCUT2D eigenvalue weighted by atomic mass is 32.1. The average molecular weight is 408 g/mol. The molecule has 0 unspecified atom stereocenters. The van der Waals surface area contributed by atoms with Crippen LogP contribution in [0.25, 0.3) is 0 Å². The third-order valence-corrected chi connectivity index (χ3v) is 4.02. The van der Waals surface area contributed by atoms with E-state index in [0.29, 0.717) is 23.6 Å². The lowest BCUT2D eigenvalue weighted by Gasteiger charge is -2.13. The van der Waals surface area contributed by atoms with Crippen molar-refractivity contribution in [3.05, 3.63) is 84.4 Å². The molecule has 0 saturated carbocycles. The maximum absolute atomic E-state index is 12.6. The second-order valence-electron chi connectivity index (χ2n) is 5.96. The largest absolute Gasteiger partial charge is 0.508 e. The van der Waals surface area contributed by atoms with Gasteiger partial charge in [-0.1, -0.05) is 36.4 Å². The summed E-state index contributed by atoms with van der Waals surface area (Å²) >= 11 is 5.17. The highest BCUT2D eigenvalue weighted by Crippen LogP contribution is 2.19. The molecule has 0 atom stereocenters. The first kappa shape index (κ1) is 20.2. The summed E-state index contributed by atoms with van der Waals surface area (Å²) in [5.41, 5.74) is 0.921. The molecule has 0 aromatic heterocycles. The van der Waals surface area contributed by atoms with Crippen molar-refractivity contribution in [1.29, 1.82) is 0 Å².